The molecule has 0 radical (unpaired) electrons. The first kappa shape index (κ1) is 39.5. The van der Waals surface area contributed by atoms with Crippen LogP contribution >= 0.6 is 7.82 Å². The zero-order valence-corrected chi connectivity index (χ0v) is 26.3. The topological polar surface area (TPSA) is 172 Å². The van der Waals surface area contributed by atoms with E-state index in [9.17, 15) is 23.8 Å². The van der Waals surface area contributed by atoms with Gasteiger partial charge in [-0.2, -0.15) is 0 Å². The maximum atomic E-state index is 12.4. The number of hydrogen-bond donors (Lipinski definition) is 3. The van der Waals surface area contributed by atoms with Gasteiger partial charge in [-0.05, 0) is 12.8 Å². The van der Waals surface area contributed by atoms with Crippen LogP contribution < -0.4 is 5.73 Å². The molecule has 0 aromatic rings. The molecular weight excluding hydrogens is 553 g/mol. The third-order valence-electron chi connectivity index (χ3n) is 6.61. The second-order valence-corrected chi connectivity index (χ2v) is 12.1. The smallest absolute Gasteiger partial charge is 0.472 e. The number of hydrogen-bond acceptors (Lipinski definition) is 9. The third kappa shape index (κ3) is 25.9. The van der Waals surface area contributed by atoms with Crippen molar-refractivity contribution in [2.45, 2.75) is 148 Å². The van der Waals surface area contributed by atoms with E-state index in [-0.39, 0.29) is 19.4 Å². The third-order valence-corrected chi connectivity index (χ3v) is 7.56. The van der Waals surface area contributed by atoms with Crippen LogP contribution in [0.2, 0.25) is 0 Å². The Hall–Kier alpha value is -1.52. The summed E-state index contributed by atoms with van der Waals surface area (Å²) in [5.74, 6) is -2.38. The molecule has 0 fully saturated rings. The van der Waals surface area contributed by atoms with Gasteiger partial charge in [0.1, 0.15) is 12.6 Å². The Morgan fingerprint density at radius 1 is 0.659 bits per heavy atom. The summed E-state index contributed by atoms with van der Waals surface area (Å²) in [4.78, 5) is 45.2. The molecule has 0 aliphatic rings. The van der Waals surface area contributed by atoms with Gasteiger partial charge < -0.3 is 25.2 Å². The normalized spacial score (nSPS) is 14.2. The molecule has 0 spiro atoms. The van der Waals surface area contributed by atoms with Crippen LogP contribution in [0, 0.1) is 0 Å². The Morgan fingerprint density at radius 2 is 1.07 bits per heavy atom. The number of carbonyl (C=O) groups is 3. The molecule has 242 valence electrons. The molecule has 12 heteroatoms. The van der Waals surface area contributed by atoms with Crippen molar-refractivity contribution in [2.24, 2.45) is 5.73 Å². The average Bonchev–Trinajstić information content (AvgIpc) is 2.93. The van der Waals surface area contributed by atoms with E-state index in [1.807, 2.05) is 0 Å². The lowest BCUT2D eigenvalue weighted by atomic mass is 10.1. The number of esters is 2. The van der Waals surface area contributed by atoms with Gasteiger partial charge in [0.15, 0.2) is 6.10 Å². The van der Waals surface area contributed by atoms with E-state index in [1.165, 1.54) is 57.8 Å². The summed E-state index contributed by atoms with van der Waals surface area (Å²) in [5.41, 5.74) is 5.28. The van der Waals surface area contributed by atoms with E-state index in [0.29, 0.717) is 12.8 Å². The minimum atomic E-state index is -4.69. The van der Waals surface area contributed by atoms with Crippen molar-refractivity contribution in [3.8, 4) is 0 Å². The number of aliphatic carboxylic acids is 1. The van der Waals surface area contributed by atoms with Gasteiger partial charge in [-0.15, -0.1) is 0 Å². The first-order chi connectivity index (χ1) is 19.6. The summed E-state index contributed by atoms with van der Waals surface area (Å²) in [6, 6.07) is -1.51. The molecule has 0 bridgehead atoms. The number of rotatable bonds is 29. The number of carboxylic acids is 1. The van der Waals surface area contributed by atoms with Gasteiger partial charge in [0.05, 0.1) is 13.2 Å². The van der Waals surface area contributed by atoms with E-state index in [0.717, 1.165) is 38.5 Å². The molecule has 0 amide bonds. The number of carboxylic acid groups (broad SMARTS) is 1. The highest BCUT2D eigenvalue weighted by molar-refractivity contribution is 7.47. The molecule has 0 aliphatic carbocycles. The molecule has 4 N–H and O–H groups in total. The summed E-state index contributed by atoms with van der Waals surface area (Å²) in [7, 11) is -4.69. The fraction of sp³-hybridized carbons (Fsp3) is 0.897. The van der Waals surface area contributed by atoms with Crippen LogP contribution in [0.5, 0.6) is 0 Å². The Morgan fingerprint density at radius 3 is 1.54 bits per heavy atom. The molecule has 11 nitrogen and oxygen atoms in total. The van der Waals surface area contributed by atoms with E-state index < -0.39 is 51.1 Å². The van der Waals surface area contributed by atoms with E-state index in [2.05, 4.69) is 18.4 Å². The molecule has 0 aliphatic heterocycles. The zero-order chi connectivity index (χ0) is 30.8. The molecule has 0 saturated heterocycles. The zero-order valence-electron chi connectivity index (χ0n) is 25.4. The largest absolute Gasteiger partial charge is 0.480 e. The van der Waals surface area contributed by atoms with Gasteiger partial charge in [0.2, 0.25) is 0 Å². The van der Waals surface area contributed by atoms with Crippen molar-refractivity contribution in [1.82, 2.24) is 0 Å². The summed E-state index contributed by atoms with van der Waals surface area (Å²) >= 11 is 0. The Kier molecular flexibility index (Phi) is 25.2. The lowest BCUT2D eigenvalue weighted by Crippen LogP contribution is -2.34. The molecule has 0 saturated carbocycles. The molecule has 0 heterocycles. The van der Waals surface area contributed by atoms with Crippen molar-refractivity contribution in [3.63, 3.8) is 0 Å². The van der Waals surface area contributed by atoms with Crippen LogP contribution in [0.4, 0.5) is 0 Å². The molecule has 41 heavy (non-hydrogen) atoms. The first-order valence-electron chi connectivity index (χ1n) is 15.6. The number of phosphoric acid groups is 1. The molecule has 0 rings (SSSR count). The van der Waals surface area contributed by atoms with Crippen LogP contribution in [-0.4, -0.2) is 59.9 Å². The quantitative estimate of drug-likeness (QED) is 0.0484. The number of nitrogens with two attached hydrogens (primary N) is 1. The van der Waals surface area contributed by atoms with Crippen molar-refractivity contribution in [2.75, 3.05) is 19.8 Å². The Bertz CT molecular complexity index is 736. The first-order valence-corrected chi connectivity index (χ1v) is 17.1. The Labute approximate surface area is 246 Å². The Balaban J connectivity index is 4.56. The van der Waals surface area contributed by atoms with Crippen LogP contribution in [0.3, 0.4) is 0 Å². The fourth-order valence-electron chi connectivity index (χ4n) is 4.06. The number of ether oxygens (including phenoxy) is 2. The summed E-state index contributed by atoms with van der Waals surface area (Å²) in [6.45, 7) is 2.69. The molecule has 1 unspecified atom stereocenters. The van der Waals surface area contributed by atoms with Crippen molar-refractivity contribution in [1.29, 1.82) is 0 Å². The van der Waals surface area contributed by atoms with E-state index >= 15 is 0 Å². The van der Waals surface area contributed by atoms with Crippen LogP contribution in [0.1, 0.15) is 136 Å². The van der Waals surface area contributed by atoms with Crippen LogP contribution in [0.15, 0.2) is 0 Å². The van der Waals surface area contributed by atoms with Gasteiger partial charge in [0, 0.05) is 12.8 Å². The van der Waals surface area contributed by atoms with Crippen LogP contribution in [-0.2, 0) is 37.5 Å². The van der Waals surface area contributed by atoms with Crippen molar-refractivity contribution < 1.29 is 47.5 Å². The second kappa shape index (κ2) is 26.1. The second-order valence-electron chi connectivity index (χ2n) is 10.6. The van der Waals surface area contributed by atoms with Crippen molar-refractivity contribution in [3.05, 3.63) is 0 Å². The number of phosphoric ester groups is 1. The highest BCUT2D eigenvalue weighted by Gasteiger charge is 2.28. The van der Waals surface area contributed by atoms with Crippen molar-refractivity contribution >= 4 is 25.7 Å². The van der Waals surface area contributed by atoms with Crippen LogP contribution in [0.25, 0.3) is 0 Å². The molecular formula is C29H56NO10P. The van der Waals surface area contributed by atoms with Gasteiger partial charge >= 0.3 is 25.7 Å². The maximum Gasteiger partial charge on any atom is 0.472 e. The van der Waals surface area contributed by atoms with Gasteiger partial charge in [0.25, 0.3) is 0 Å². The lowest BCUT2D eigenvalue weighted by molar-refractivity contribution is -0.161. The maximum absolute atomic E-state index is 12.4. The fourth-order valence-corrected chi connectivity index (χ4v) is 4.84. The molecule has 0 aromatic carbocycles. The SMILES string of the molecule is CCCCCCCCCCCC(=O)O[C@H](COC(=O)CCCCCCCCCC)COP(=O)(O)OC[C@H](N)C(=O)O. The minimum absolute atomic E-state index is 0.166. The lowest BCUT2D eigenvalue weighted by Gasteiger charge is -2.20. The van der Waals surface area contributed by atoms with E-state index in [1.54, 1.807) is 0 Å². The summed E-state index contributed by atoms with van der Waals surface area (Å²) in [6.07, 6.45) is 17.8. The van der Waals surface area contributed by atoms with Gasteiger partial charge in [-0.3, -0.25) is 23.4 Å². The highest BCUT2D eigenvalue weighted by Crippen LogP contribution is 2.43. The summed E-state index contributed by atoms with van der Waals surface area (Å²) < 4.78 is 32.2. The standard InChI is InChI=1S/C29H56NO10P/c1-3-5-7-9-11-13-15-17-19-21-28(32)40-25(23-38-41(35,36)39-24-26(30)29(33)34)22-37-27(31)20-18-16-14-12-10-8-6-4-2/h25-26H,3-24,30H2,1-2H3,(H,33,34)(H,35,36)/t25-,26+/m1/s1. The average molecular weight is 610 g/mol. The summed E-state index contributed by atoms with van der Waals surface area (Å²) in [5, 5.41) is 8.79. The number of carbonyl (C=O) groups excluding carboxylic acids is 2. The minimum Gasteiger partial charge on any atom is -0.480 e. The predicted molar refractivity (Wildman–Crippen MR) is 157 cm³/mol. The van der Waals surface area contributed by atoms with E-state index in [4.69, 9.17) is 24.8 Å². The molecule has 3 atom stereocenters. The number of unbranched alkanes of at least 4 members (excludes halogenated alkanes) is 15. The van der Waals surface area contributed by atoms with Gasteiger partial charge in [-0.25, -0.2) is 4.57 Å². The highest BCUT2D eigenvalue weighted by atomic mass is 31.2. The predicted octanol–water partition coefficient (Wildman–Crippen LogP) is 6.44. The molecule has 0 aromatic heterocycles. The van der Waals surface area contributed by atoms with Gasteiger partial charge in [-0.1, -0.05) is 110 Å². The monoisotopic (exact) mass is 609 g/mol.